The van der Waals surface area contributed by atoms with Crippen LogP contribution in [0.4, 0.5) is 0 Å². The lowest BCUT2D eigenvalue weighted by Gasteiger charge is -1.92. The lowest BCUT2D eigenvalue weighted by atomic mass is 10.4. The number of carbonyl (C=O) groups excluding carboxylic acids is 1. The maximum Gasteiger partial charge on any atom is 0.348 e. The molecule has 2 N–H and O–H groups in total. The summed E-state index contributed by atoms with van der Waals surface area (Å²) < 4.78 is 29.0. The summed E-state index contributed by atoms with van der Waals surface area (Å²) in [5.41, 5.74) is 0. The second-order valence-electron chi connectivity index (χ2n) is 4.46. The van der Waals surface area contributed by atoms with E-state index in [-0.39, 0.29) is 17.4 Å². The van der Waals surface area contributed by atoms with E-state index in [2.05, 4.69) is 37.2 Å². The van der Waals surface area contributed by atoms with Crippen molar-refractivity contribution in [1.82, 2.24) is 4.72 Å². The van der Waals surface area contributed by atoms with E-state index in [1.54, 1.807) is 12.1 Å². The van der Waals surface area contributed by atoms with Gasteiger partial charge in [-0.05, 0) is 40.2 Å². The smallest absolute Gasteiger partial charge is 0.348 e. The molecule has 140 valence electrons. The molecule has 0 unspecified atom stereocenters. The molecule has 0 bridgehead atoms. The van der Waals surface area contributed by atoms with Crippen LogP contribution in [0.15, 0.2) is 28.1 Å². The molecule has 2 rings (SSSR count). The number of hydrogen-bond donors (Lipinski definition) is 2. The van der Waals surface area contributed by atoms with Crippen LogP contribution in [0.5, 0.6) is 0 Å². The number of carboxylic acids is 1. The normalized spacial score (nSPS) is 10.1. The van der Waals surface area contributed by atoms with Gasteiger partial charge in [-0.2, -0.15) is 0 Å². The maximum atomic E-state index is 10.8. The van der Waals surface area contributed by atoms with Gasteiger partial charge in [-0.1, -0.05) is 11.8 Å². The molecule has 26 heavy (non-hydrogen) atoms. The fourth-order valence-corrected chi connectivity index (χ4v) is 3.70. The predicted molar refractivity (Wildman–Crippen MR) is 104 cm³/mol. The van der Waals surface area contributed by atoms with Crippen LogP contribution in [0, 0.1) is 11.8 Å². The van der Waals surface area contributed by atoms with E-state index in [4.69, 9.17) is 5.11 Å². The molecule has 11 heteroatoms. The number of carboxylic acid groups (broad SMARTS) is 1. The molecule has 0 aromatic carbocycles. The molecule has 0 radical (unpaired) electrons. The minimum Gasteiger partial charge on any atom is -0.477 e. The van der Waals surface area contributed by atoms with Gasteiger partial charge in [0, 0.05) is 0 Å². The van der Waals surface area contributed by atoms with Crippen LogP contribution in [0.25, 0.3) is 0 Å². The average Bonchev–Trinajstić information content (AvgIpc) is 3.19. The Bertz CT molecular complexity index is 936. The second kappa shape index (κ2) is 10.4. The SMILES string of the molecule is COC(=O)c1ccc(Br)s1.CS(=O)(=O)NCC#Cc1ccc(C(=O)O)s1. The zero-order valence-electron chi connectivity index (χ0n) is 13.6. The zero-order valence-corrected chi connectivity index (χ0v) is 17.6. The van der Waals surface area contributed by atoms with E-state index in [0.717, 1.165) is 21.4 Å². The van der Waals surface area contributed by atoms with E-state index in [0.29, 0.717) is 9.75 Å². The Morgan fingerprint density at radius 2 is 1.88 bits per heavy atom. The number of sulfonamides is 1. The van der Waals surface area contributed by atoms with Crippen molar-refractivity contribution in [2.24, 2.45) is 0 Å². The molecule has 0 aliphatic rings. The van der Waals surface area contributed by atoms with Crippen LogP contribution in [0.2, 0.25) is 0 Å². The van der Waals surface area contributed by atoms with E-state index in [9.17, 15) is 18.0 Å². The maximum absolute atomic E-state index is 10.8. The second-order valence-corrected chi connectivity index (χ2v) is 9.84. The van der Waals surface area contributed by atoms with E-state index in [1.807, 2.05) is 6.07 Å². The molecular formula is C15H14BrNO6S3. The molecule has 0 atom stereocenters. The van der Waals surface area contributed by atoms with Gasteiger partial charge in [-0.3, -0.25) is 0 Å². The highest BCUT2D eigenvalue weighted by Gasteiger charge is 2.06. The van der Waals surface area contributed by atoms with Gasteiger partial charge >= 0.3 is 11.9 Å². The first-order chi connectivity index (χ1) is 12.1. The van der Waals surface area contributed by atoms with Crippen molar-refractivity contribution in [2.75, 3.05) is 19.9 Å². The molecule has 7 nitrogen and oxygen atoms in total. The minimum atomic E-state index is -3.23. The van der Waals surface area contributed by atoms with Gasteiger partial charge in [-0.15, -0.1) is 22.7 Å². The van der Waals surface area contributed by atoms with Crippen molar-refractivity contribution in [2.45, 2.75) is 0 Å². The van der Waals surface area contributed by atoms with Crippen molar-refractivity contribution in [3.63, 3.8) is 0 Å². The fourth-order valence-electron chi connectivity index (χ4n) is 1.34. The lowest BCUT2D eigenvalue weighted by molar-refractivity contribution is 0.0605. The molecule has 2 aromatic rings. The molecule has 0 aliphatic carbocycles. The van der Waals surface area contributed by atoms with Gasteiger partial charge in [-0.25, -0.2) is 22.7 Å². The molecule has 0 spiro atoms. The van der Waals surface area contributed by atoms with Crippen molar-refractivity contribution in [3.8, 4) is 11.8 Å². The summed E-state index contributed by atoms with van der Waals surface area (Å²) in [6.07, 6.45) is 1.04. The van der Waals surface area contributed by atoms with Gasteiger partial charge in [0.25, 0.3) is 0 Å². The van der Waals surface area contributed by atoms with Gasteiger partial charge in [0.05, 0.1) is 28.6 Å². The molecule has 0 amide bonds. The Labute approximate surface area is 167 Å². The Morgan fingerprint density at radius 3 is 2.35 bits per heavy atom. The number of ether oxygens (including phenoxy) is 1. The highest BCUT2D eigenvalue weighted by molar-refractivity contribution is 9.11. The van der Waals surface area contributed by atoms with Crippen molar-refractivity contribution in [1.29, 1.82) is 0 Å². The predicted octanol–water partition coefficient (Wildman–Crippen LogP) is 2.64. The molecule has 0 saturated heterocycles. The summed E-state index contributed by atoms with van der Waals surface area (Å²) in [6.45, 7) is 0.0130. The number of hydrogen-bond acceptors (Lipinski definition) is 7. The average molecular weight is 480 g/mol. The van der Waals surface area contributed by atoms with E-state index < -0.39 is 16.0 Å². The van der Waals surface area contributed by atoms with Crippen LogP contribution in [0.3, 0.4) is 0 Å². The Kier molecular flexibility index (Phi) is 8.97. The largest absolute Gasteiger partial charge is 0.477 e. The third-order valence-electron chi connectivity index (χ3n) is 2.41. The fraction of sp³-hybridized carbons (Fsp3) is 0.200. The van der Waals surface area contributed by atoms with E-state index >= 15 is 0 Å². The summed E-state index contributed by atoms with van der Waals surface area (Å²) in [4.78, 5) is 22.8. The molecule has 0 fully saturated rings. The van der Waals surface area contributed by atoms with Crippen LogP contribution >= 0.6 is 38.6 Å². The lowest BCUT2D eigenvalue weighted by Crippen LogP contribution is -2.21. The Hall–Kier alpha value is -1.71. The number of aromatic carboxylic acids is 1. The summed E-state index contributed by atoms with van der Waals surface area (Å²) in [6, 6.07) is 6.58. The topological polar surface area (TPSA) is 110 Å². The number of carbonyl (C=O) groups is 2. The van der Waals surface area contributed by atoms with Gasteiger partial charge in [0.1, 0.15) is 9.75 Å². The first-order valence-electron chi connectivity index (χ1n) is 6.72. The summed E-state index contributed by atoms with van der Waals surface area (Å²) in [7, 11) is -1.86. The summed E-state index contributed by atoms with van der Waals surface area (Å²) in [5.74, 6) is 3.98. The number of rotatable bonds is 4. The number of thiophene rings is 2. The van der Waals surface area contributed by atoms with Crippen LogP contribution in [0.1, 0.15) is 24.2 Å². The highest BCUT2D eigenvalue weighted by atomic mass is 79.9. The van der Waals surface area contributed by atoms with Crippen molar-refractivity contribution in [3.05, 3.63) is 42.7 Å². The van der Waals surface area contributed by atoms with Gasteiger partial charge in [0.2, 0.25) is 10.0 Å². The minimum absolute atomic E-state index is 0.0130. The van der Waals surface area contributed by atoms with Crippen LogP contribution < -0.4 is 4.72 Å². The summed E-state index contributed by atoms with van der Waals surface area (Å²) in [5, 5.41) is 8.65. The van der Waals surface area contributed by atoms with Crippen LogP contribution in [-0.4, -0.2) is 45.4 Å². The first kappa shape index (κ1) is 22.3. The number of nitrogens with one attached hydrogen (secondary N) is 1. The number of esters is 1. The van der Waals surface area contributed by atoms with Gasteiger partial charge < -0.3 is 9.84 Å². The standard InChI is InChI=1S/C9H9NO4S2.C6H5BrO2S/c1-16(13,14)10-6-2-3-7-4-5-8(15-7)9(11)12;1-9-6(8)4-2-3-5(7)10-4/h4-5,10H,6H2,1H3,(H,11,12);2-3H,1H3. The third kappa shape index (κ3) is 8.59. The quantitative estimate of drug-likeness (QED) is 0.515. The van der Waals surface area contributed by atoms with Crippen LogP contribution in [-0.2, 0) is 14.8 Å². The summed E-state index contributed by atoms with van der Waals surface area (Å²) >= 11 is 5.65. The third-order valence-corrected chi connectivity index (χ3v) is 5.67. The monoisotopic (exact) mass is 479 g/mol. The van der Waals surface area contributed by atoms with E-state index in [1.165, 1.54) is 24.5 Å². The molecule has 2 heterocycles. The molecule has 0 saturated carbocycles. The Balaban J connectivity index is 0.000000289. The van der Waals surface area contributed by atoms with Crippen molar-refractivity contribution >= 4 is 60.6 Å². The molecular weight excluding hydrogens is 466 g/mol. The Morgan fingerprint density at radius 1 is 1.23 bits per heavy atom. The number of halogens is 1. The molecule has 0 aliphatic heterocycles. The molecule has 2 aromatic heterocycles. The van der Waals surface area contributed by atoms with Crippen molar-refractivity contribution < 1.29 is 27.9 Å². The highest BCUT2D eigenvalue weighted by Crippen LogP contribution is 2.22. The zero-order chi connectivity index (χ0) is 19.7. The van der Waals surface area contributed by atoms with Gasteiger partial charge in [0.15, 0.2) is 0 Å². The first-order valence-corrected chi connectivity index (χ1v) is 11.0. The number of methoxy groups -OCH3 is 1.